The van der Waals surface area contributed by atoms with Crippen LogP contribution in [0.5, 0.6) is 0 Å². The Bertz CT molecular complexity index is 412. The monoisotopic (exact) mass is 236 g/mol. The highest BCUT2D eigenvalue weighted by molar-refractivity contribution is 5.55. The average molecular weight is 236 g/mol. The number of benzene rings is 1. The fourth-order valence-corrected chi connectivity index (χ4v) is 1.82. The molecule has 0 amide bonds. The van der Waals surface area contributed by atoms with E-state index in [2.05, 4.69) is 0 Å². The number of hydrogen-bond donors (Lipinski definition) is 1. The molecule has 0 fully saturated rings. The molecule has 1 rings (SSSR count). The molecule has 1 aromatic rings. The standard InChI is InChI=1S/C13H17FN2O/c1-3-16(9-5-8-15)13-11(10(2)17)6-4-7-12(13)14/h4,6-7,10,17H,3,5,9H2,1-2H3. The zero-order valence-electron chi connectivity index (χ0n) is 10.2. The molecular weight excluding hydrogens is 219 g/mol. The van der Waals surface area contributed by atoms with E-state index in [4.69, 9.17) is 5.26 Å². The lowest BCUT2D eigenvalue weighted by Crippen LogP contribution is -2.26. The van der Waals surface area contributed by atoms with Gasteiger partial charge in [0.25, 0.3) is 0 Å². The van der Waals surface area contributed by atoms with Crippen molar-refractivity contribution < 1.29 is 9.50 Å². The Labute approximate surface area is 101 Å². The van der Waals surface area contributed by atoms with Gasteiger partial charge in [0.15, 0.2) is 0 Å². The molecule has 1 aromatic carbocycles. The minimum atomic E-state index is -0.725. The van der Waals surface area contributed by atoms with Gasteiger partial charge in [-0.1, -0.05) is 12.1 Å². The van der Waals surface area contributed by atoms with Gasteiger partial charge in [0.1, 0.15) is 5.82 Å². The summed E-state index contributed by atoms with van der Waals surface area (Å²) in [6, 6.07) is 6.70. The third-order valence-corrected chi connectivity index (χ3v) is 2.66. The molecule has 1 atom stereocenters. The van der Waals surface area contributed by atoms with Crippen molar-refractivity contribution in [1.29, 1.82) is 5.26 Å². The Morgan fingerprint density at radius 3 is 2.76 bits per heavy atom. The van der Waals surface area contributed by atoms with Crippen molar-refractivity contribution in [1.82, 2.24) is 0 Å². The minimum Gasteiger partial charge on any atom is -0.389 e. The number of aliphatic hydroxyl groups excluding tert-OH is 1. The van der Waals surface area contributed by atoms with Gasteiger partial charge in [0, 0.05) is 18.7 Å². The molecule has 4 heteroatoms. The van der Waals surface area contributed by atoms with Crippen LogP contribution in [-0.2, 0) is 0 Å². The highest BCUT2D eigenvalue weighted by atomic mass is 19.1. The van der Waals surface area contributed by atoms with E-state index in [1.165, 1.54) is 6.07 Å². The molecule has 0 radical (unpaired) electrons. The number of nitrogens with zero attached hydrogens (tertiary/aromatic N) is 2. The van der Waals surface area contributed by atoms with Crippen molar-refractivity contribution in [3.63, 3.8) is 0 Å². The molecule has 1 N–H and O–H groups in total. The summed E-state index contributed by atoms with van der Waals surface area (Å²) < 4.78 is 13.8. The molecule has 1 unspecified atom stereocenters. The van der Waals surface area contributed by atoms with Gasteiger partial charge in [-0.25, -0.2) is 4.39 Å². The molecule has 17 heavy (non-hydrogen) atoms. The topological polar surface area (TPSA) is 47.3 Å². The van der Waals surface area contributed by atoms with E-state index in [9.17, 15) is 9.50 Å². The van der Waals surface area contributed by atoms with E-state index in [0.717, 1.165) is 0 Å². The highest BCUT2D eigenvalue weighted by Crippen LogP contribution is 2.29. The highest BCUT2D eigenvalue weighted by Gasteiger charge is 2.17. The van der Waals surface area contributed by atoms with E-state index in [-0.39, 0.29) is 5.82 Å². The lowest BCUT2D eigenvalue weighted by Gasteiger charge is -2.26. The fraction of sp³-hybridized carbons (Fsp3) is 0.462. The van der Waals surface area contributed by atoms with E-state index in [1.54, 1.807) is 24.0 Å². The Morgan fingerprint density at radius 2 is 2.24 bits per heavy atom. The van der Waals surface area contributed by atoms with Crippen LogP contribution in [0, 0.1) is 17.1 Å². The van der Waals surface area contributed by atoms with Crippen LogP contribution < -0.4 is 4.90 Å². The number of hydrogen-bond acceptors (Lipinski definition) is 3. The van der Waals surface area contributed by atoms with Crippen molar-refractivity contribution in [2.24, 2.45) is 0 Å². The number of anilines is 1. The maximum Gasteiger partial charge on any atom is 0.146 e. The van der Waals surface area contributed by atoms with Crippen molar-refractivity contribution in [2.45, 2.75) is 26.4 Å². The molecule has 0 bridgehead atoms. The number of aliphatic hydroxyl groups is 1. The predicted octanol–water partition coefficient (Wildman–Crippen LogP) is 2.62. The summed E-state index contributed by atoms with van der Waals surface area (Å²) in [5.41, 5.74) is 0.963. The van der Waals surface area contributed by atoms with Crippen LogP contribution in [0.2, 0.25) is 0 Å². The summed E-state index contributed by atoms with van der Waals surface area (Å²) >= 11 is 0. The van der Waals surface area contributed by atoms with Crippen LogP contribution >= 0.6 is 0 Å². The third-order valence-electron chi connectivity index (χ3n) is 2.66. The molecule has 0 saturated heterocycles. The molecule has 0 aromatic heterocycles. The second-order valence-corrected chi connectivity index (χ2v) is 3.84. The number of rotatable bonds is 5. The smallest absolute Gasteiger partial charge is 0.146 e. The first-order chi connectivity index (χ1) is 8.11. The van der Waals surface area contributed by atoms with Gasteiger partial charge in [-0.05, 0) is 19.9 Å². The number of para-hydroxylation sites is 1. The van der Waals surface area contributed by atoms with Crippen molar-refractivity contribution in [2.75, 3.05) is 18.0 Å². The lowest BCUT2D eigenvalue weighted by molar-refractivity contribution is 0.199. The Hall–Kier alpha value is -1.60. The second-order valence-electron chi connectivity index (χ2n) is 3.84. The first-order valence-electron chi connectivity index (χ1n) is 5.70. The molecule has 3 nitrogen and oxygen atoms in total. The van der Waals surface area contributed by atoms with Crippen LogP contribution in [0.25, 0.3) is 0 Å². The molecule has 0 heterocycles. The van der Waals surface area contributed by atoms with Gasteiger partial charge in [0.05, 0.1) is 24.3 Å². The zero-order chi connectivity index (χ0) is 12.8. The average Bonchev–Trinajstić information content (AvgIpc) is 2.31. The van der Waals surface area contributed by atoms with Crippen LogP contribution in [-0.4, -0.2) is 18.2 Å². The van der Waals surface area contributed by atoms with Crippen LogP contribution in [0.1, 0.15) is 31.9 Å². The molecule has 0 aliphatic carbocycles. The van der Waals surface area contributed by atoms with Crippen molar-refractivity contribution in [3.05, 3.63) is 29.6 Å². The molecule has 92 valence electrons. The quantitative estimate of drug-likeness (QED) is 0.854. The first kappa shape index (κ1) is 13.5. The van der Waals surface area contributed by atoms with Gasteiger partial charge < -0.3 is 10.0 Å². The van der Waals surface area contributed by atoms with E-state index < -0.39 is 6.10 Å². The molecule has 0 spiro atoms. The molecule has 0 aliphatic rings. The van der Waals surface area contributed by atoms with Crippen LogP contribution in [0.3, 0.4) is 0 Å². The van der Waals surface area contributed by atoms with Gasteiger partial charge in [-0.3, -0.25) is 0 Å². The summed E-state index contributed by atoms with van der Waals surface area (Å²) in [5, 5.41) is 18.2. The maximum absolute atomic E-state index is 13.8. The first-order valence-corrected chi connectivity index (χ1v) is 5.70. The largest absolute Gasteiger partial charge is 0.389 e. The number of nitriles is 1. The summed E-state index contributed by atoms with van der Waals surface area (Å²) in [7, 11) is 0. The van der Waals surface area contributed by atoms with Gasteiger partial charge >= 0.3 is 0 Å². The molecular formula is C13H17FN2O. The summed E-state index contributed by atoms with van der Waals surface area (Å²) in [6.45, 7) is 4.57. The van der Waals surface area contributed by atoms with Crippen molar-refractivity contribution >= 4 is 5.69 Å². The van der Waals surface area contributed by atoms with Gasteiger partial charge in [0.2, 0.25) is 0 Å². The lowest BCUT2D eigenvalue weighted by atomic mass is 10.1. The Morgan fingerprint density at radius 1 is 1.53 bits per heavy atom. The van der Waals surface area contributed by atoms with Crippen LogP contribution in [0.15, 0.2) is 18.2 Å². The van der Waals surface area contributed by atoms with E-state index >= 15 is 0 Å². The van der Waals surface area contributed by atoms with Crippen LogP contribution in [0.4, 0.5) is 10.1 Å². The third kappa shape index (κ3) is 3.18. The van der Waals surface area contributed by atoms with Gasteiger partial charge in [-0.2, -0.15) is 5.26 Å². The van der Waals surface area contributed by atoms with E-state index in [1.807, 2.05) is 13.0 Å². The van der Waals surface area contributed by atoms with E-state index in [0.29, 0.717) is 30.8 Å². The number of halogens is 1. The summed E-state index contributed by atoms with van der Waals surface area (Å²) in [5.74, 6) is -0.358. The van der Waals surface area contributed by atoms with Gasteiger partial charge in [-0.15, -0.1) is 0 Å². The summed E-state index contributed by atoms with van der Waals surface area (Å²) in [4.78, 5) is 1.78. The SMILES string of the molecule is CCN(CCC#N)c1c(F)cccc1C(C)O. The minimum absolute atomic E-state index is 0.335. The Balaban J connectivity index is 3.12. The fourth-order valence-electron chi connectivity index (χ4n) is 1.82. The maximum atomic E-state index is 13.8. The normalized spacial score (nSPS) is 11.9. The Kier molecular flexibility index (Phi) is 4.92. The summed E-state index contributed by atoms with van der Waals surface area (Å²) in [6.07, 6.45) is -0.390. The molecule has 0 aliphatic heterocycles. The zero-order valence-corrected chi connectivity index (χ0v) is 10.2. The second kappa shape index (κ2) is 6.21. The van der Waals surface area contributed by atoms with Crippen molar-refractivity contribution in [3.8, 4) is 6.07 Å². The predicted molar refractivity (Wildman–Crippen MR) is 65.2 cm³/mol. The molecule has 0 saturated carbocycles.